The number of amides is 1. The number of oxazole rings is 1. The average Bonchev–Trinajstić information content (AvgIpc) is 2.63. The first-order chi connectivity index (χ1) is 7.90. The molecule has 0 saturated heterocycles. The van der Waals surface area contributed by atoms with E-state index in [0.717, 1.165) is 5.76 Å². The van der Waals surface area contributed by atoms with Gasteiger partial charge in [-0.15, -0.1) is 0 Å². The molecule has 1 unspecified atom stereocenters. The van der Waals surface area contributed by atoms with Crippen molar-refractivity contribution < 1.29 is 9.21 Å². The van der Waals surface area contributed by atoms with Crippen molar-refractivity contribution in [3.05, 3.63) is 17.8 Å². The largest absolute Gasteiger partial charge is 0.444 e. The zero-order chi connectivity index (χ0) is 13.0. The van der Waals surface area contributed by atoms with E-state index in [0.29, 0.717) is 18.2 Å². The summed E-state index contributed by atoms with van der Waals surface area (Å²) in [6.07, 6.45) is 2.30. The maximum Gasteiger partial charge on any atom is 0.237 e. The lowest BCUT2D eigenvalue weighted by Gasteiger charge is -2.16. The van der Waals surface area contributed by atoms with Crippen LogP contribution in [0.4, 0.5) is 0 Å². The predicted molar refractivity (Wildman–Crippen MR) is 65.2 cm³/mol. The van der Waals surface area contributed by atoms with Gasteiger partial charge in [0, 0.05) is 0 Å². The van der Waals surface area contributed by atoms with Gasteiger partial charge in [0.15, 0.2) is 0 Å². The summed E-state index contributed by atoms with van der Waals surface area (Å²) in [6, 6.07) is -0.733. The first-order valence-corrected chi connectivity index (χ1v) is 5.88. The third-order valence-electron chi connectivity index (χ3n) is 2.43. The summed E-state index contributed by atoms with van der Waals surface area (Å²) in [6.45, 7) is 7.71. The van der Waals surface area contributed by atoms with Crippen LogP contribution in [0.15, 0.2) is 10.6 Å². The summed E-state index contributed by atoms with van der Waals surface area (Å²) in [5.41, 5.74) is 5.79. The van der Waals surface area contributed by atoms with Crippen molar-refractivity contribution in [3.63, 3.8) is 0 Å². The van der Waals surface area contributed by atoms with Gasteiger partial charge < -0.3 is 15.5 Å². The van der Waals surface area contributed by atoms with Gasteiger partial charge in [-0.2, -0.15) is 0 Å². The number of nitrogens with zero attached hydrogens (tertiary/aromatic N) is 1. The number of hydrogen-bond donors (Lipinski definition) is 2. The van der Waals surface area contributed by atoms with Crippen LogP contribution in [0.25, 0.3) is 0 Å². The zero-order valence-electron chi connectivity index (χ0n) is 10.9. The molecule has 17 heavy (non-hydrogen) atoms. The lowest BCUT2D eigenvalue weighted by molar-refractivity contribution is -0.123. The summed E-state index contributed by atoms with van der Waals surface area (Å²) in [7, 11) is 0. The highest BCUT2D eigenvalue weighted by Gasteiger charge is 2.19. The van der Waals surface area contributed by atoms with Crippen LogP contribution in [-0.4, -0.2) is 16.9 Å². The fraction of sp³-hybridized carbons (Fsp3) is 0.667. The van der Waals surface area contributed by atoms with Gasteiger partial charge in [-0.1, -0.05) is 13.8 Å². The second kappa shape index (κ2) is 5.82. The third kappa shape index (κ3) is 4.19. The summed E-state index contributed by atoms with van der Waals surface area (Å²) < 4.78 is 5.34. The van der Waals surface area contributed by atoms with Crippen LogP contribution in [-0.2, 0) is 4.79 Å². The third-order valence-corrected chi connectivity index (χ3v) is 2.43. The highest BCUT2D eigenvalue weighted by atomic mass is 16.4. The molecule has 0 aromatic carbocycles. The van der Waals surface area contributed by atoms with E-state index in [1.807, 2.05) is 27.7 Å². The Morgan fingerprint density at radius 3 is 2.65 bits per heavy atom. The molecule has 2 atom stereocenters. The van der Waals surface area contributed by atoms with E-state index < -0.39 is 6.04 Å². The Labute approximate surface area is 102 Å². The normalized spacial score (nSPS) is 14.7. The Balaban J connectivity index is 2.51. The van der Waals surface area contributed by atoms with Crippen LogP contribution >= 0.6 is 0 Å². The predicted octanol–water partition coefficient (Wildman–Crippen LogP) is 1.53. The van der Waals surface area contributed by atoms with Crippen LogP contribution in [0, 0.1) is 12.8 Å². The molecule has 0 spiro atoms. The molecule has 0 fully saturated rings. The summed E-state index contributed by atoms with van der Waals surface area (Å²) in [5.74, 6) is 1.47. The highest BCUT2D eigenvalue weighted by Crippen LogP contribution is 2.12. The van der Waals surface area contributed by atoms with E-state index in [1.54, 1.807) is 6.20 Å². The van der Waals surface area contributed by atoms with Crippen LogP contribution in [0.2, 0.25) is 0 Å². The number of aromatic nitrogens is 1. The van der Waals surface area contributed by atoms with Gasteiger partial charge in [0.1, 0.15) is 11.8 Å². The van der Waals surface area contributed by atoms with E-state index in [4.69, 9.17) is 10.2 Å². The Hall–Kier alpha value is -1.36. The number of carbonyl (C=O) groups excluding carboxylic acids is 1. The van der Waals surface area contributed by atoms with Crippen molar-refractivity contribution in [2.75, 3.05) is 0 Å². The van der Waals surface area contributed by atoms with E-state index in [-0.39, 0.29) is 11.9 Å². The Bertz CT molecular complexity index is 374. The number of rotatable bonds is 5. The molecule has 96 valence electrons. The standard InChI is InChI=1S/C12H21N3O2/c1-7(2)5-10(13)11(16)15-9(4)12-14-6-8(3)17-12/h6-7,9-10H,5,13H2,1-4H3,(H,15,16)/t9?,10-/m0/s1. The van der Waals surface area contributed by atoms with Gasteiger partial charge in [0.25, 0.3) is 0 Å². The summed E-state index contributed by atoms with van der Waals surface area (Å²) in [4.78, 5) is 15.8. The fourth-order valence-corrected chi connectivity index (χ4v) is 1.57. The second-order valence-corrected chi connectivity index (χ2v) is 4.78. The van der Waals surface area contributed by atoms with E-state index in [2.05, 4.69) is 10.3 Å². The SMILES string of the molecule is Cc1cnc(C(C)NC(=O)[C@@H](N)CC(C)C)o1. The average molecular weight is 239 g/mol. The minimum absolute atomic E-state index is 0.165. The van der Waals surface area contributed by atoms with Crippen LogP contribution in [0.5, 0.6) is 0 Å². The van der Waals surface area contributed by atoms with E-state index in [1.165, 1.54) is 0 Å². The lowest BCUT2D eigenvalue weighted by atomic mass is 10.0. The molecule has 0 saturated carbocycles. The molecular formula is C12H21N3O2. The van der Waals surface area contributed by atoms with Crippen LogP contribution < -0.4 is 11.1 Å². The van der Waals surface area contributed by atoms with Gasteiger partial charge >= 0.3 is 0 Å². The lowest BCUT2D eigenvalue weighted by Crippen LogP contribution is -2.42. The number of carbonyl (C=O) groups is 1. The second-order valence-electron chi connectivity index (χ2n) is 4.78. The van der Waals surface area contributed by atoms with Gasteiger partial charge in [0.2, 0.25) is 11.8 Å². The van der Waals surface area contributed by atoms with Crippen molar-refractivity contribution >= 4 is 5.91 Å². The molecule has 0 aliphatic heterocycles. The van der Waals surface area contributed by atoms with Gasteiger partial charge in [-0.25, -0.2) is 4.98 Å². The van der Waals surface area contributed by atoms with Crippen LogP contribution in [0.1, 0.15) is 44.9 Å². The maximum atomic E-state index is 11.8. The van der Waals surface area contributed by atoms with Crippen molar-refractivity contribution in [2.24, 2.45) is 11.7 Å². The highest BCUT2D eigenvalue weighted by molar-refractivity contribution is 5.81. The molecule has 1 aromatic heterocycles. The van der Waals surface area contributed by atoms with Crippen molar-refractivity contribution in [1.29, 1.82) is 0 Å². The van der Waals surface area contributed by atoms with E-state index in [9.17, 15) is 4.79 Å². The molecule has 1 amide bonds. The summed E-state index contributed by atoms with van der Waals surface area (Å²) in [5, 5.41) is 2.79. The molecule has 0 bridgehead atoms. The number of hydrogen-bond acceptors (Lipinski definition) is 4. The van der Waals surface area contributed by atoms with Crippen molar-refractivity contribution in [2.45, 2.75) is 46.2 Å². The molecular weight excluding hydrogens is 218 g/mol. The molecule has 1 heterocycles. The smallest absolute Gasteiger partial charge is 0.237 e. The number of aryl methyl sites for hydroxylation is 1. The molecule has 5 nitrogen and oxygen atoms in total. The molecule has 0 aliphatic carbocycles. The maximum absolute atomic E-state index is 11.8. The Morgan fingerprint density at radius 2 is 2.18 bits per heavy atom. The number of nitrogens with one attached hydrogen (secondary N) is 1. The molecule has 1 aromatic rings. The molecule has 1 rings (SSSR count). The quantitative estimate of drug-likeness (QED) is 0.816. The molecule has 0 aliphatic rings. The topological polar surface area (TPSA) is 81.2 Å². The van der Waals surface area contributed by atoms with Crippen molar-refractivity contribution in [3.8, 4) is 0 Å². The van der Waals surface area contributed by atoms with Crippen LogP contribution in [0.3, 0.4) is 0 Å². The van der Waals surface area contributed by atoms with Gasteiger partial charge in [-0.05, 0) is 26.2 Å². The first kappa shape index (κ1) is 13.7. The summed E-state index contributed by atoms with van der Waals surface area (Å²) >= 11 is 0. The Morgan fingerprint density at radius 1 is 1.53 bits per heavy atom. The zero-order valence-corrected chi connectivity index (χ0v) is 10.9. The number of nitrogens with two attached hydrogens (primary N) is 1. The molecule has 3 N–H and O–H groups in total. The fourth-order valence-electron chi connectivity index (χ4n) is 1.57. The van der Waals surface area contributed by atoms with Crippen molar-refractivity contribution in [1.82, 2.24) is 10.3 Å². The monoisotopic (exact) mass is 239 g/mol. The van der Waals surface area contributed by atoms with Gasteiger partial charge in [0.05, 0.1) is 12.2 Å². The Kier molecular flexibility index (Phi) is 4.69. The minimum atomic E-state index is -0.478. The molecule has 5 heteroatoms. The first-order valence-electron chi connectivity index (χ1n) is 5.88. The molecule has 0 radical (unpaired) electrons. The van der Waals surface area contributed by atoms with E-state index >= 15 is 0 Å². The minimum Gasteiger partial charge on any atom is -0.444 e. The van der Waals surface area contributed by atoms with Gasteiger partial charge in [-0.3, -0.25) is 4.79 Å².